The number of esters is 3. The Bertz CT molecular complexity index is 901. The Labute approximate surface area is 191 Å². The SMILES string of the molecule is C=C1COC(=O)[C@]12C[C@@]1(C)[C@@H]([C@@H](OC(=O)/C=C\S(C)=O)CC[C@@H]1C)[C@H]2OC(=O)/C(C)=C\C. The average Bonchev–Trinajstić information content (AvgIpc) is 3.18. The van der Waals surface area contributed by atoms with Crippen molar-refractivity contribution < 1.29 is 32.8 Å². The molecule has 0 aromatic rings. The standard InChI is InChI=1S/C24H32O7S/c1-7-14(2)21(26)31-20-19-17(30-18(25)10-11-32(6)28)9-8-15(3)23(19,5)13-24(20)16(4)12-29-22(24)27/h7,10-11,15,17,19-20H,4,8-9,12-13H2,1-3,5-6H3/b11-10-,14-7-/t15-,17-,19-,20+,23+,24+,32?/m0/s1. The zero-order chi connectivity index (χ0) is 23.8. The fourth-order valence-electron chi connectivity index (χ4n) is 5.56. The van der Waals surface area contributed by atoms with Crippen LogP contribution in [0, 0.1) is 22.7 Å². The smallest absolute Gasteiger partial charge is 0.333 e. The van der Waals surface area contributed by atoms with Crippen molar-refractivity contribution in [3.63, 3.8) is 0 Å². The summed E-state index contributed by atoms with van der Waals surface area (Å²) in [6.07, 6.45) is 4.63. The van der Waals surface area contributed by atoms with Crippen LogP contribution in [-0.4, -0.2) is 47.2 Å². The van der Waals surface area contributed by atoms with Gasteiger partial charge in [-0.15, -0.1) is 0 Å². The summed E-state index contributed by atoms with van der Waals surface area (Å²) in [6, 6.07) is 0. The molecule has 1 saturated heterocycles. The summed E-state index contributed by atoms with van der Waals surface area (Å²) in [5, 5.41) is 1.27. The Morgan fingerprint density at radius 1 is 1.28 bits per heavy atom. The van der Waals surface area contributed by atoms with Gasteiger partial charge in [-0.3, -0.25) is 9.00 Å². The third kappa shape index (κ3) is 3.98. The molecular formula is C24H32O7S. The van der Waals surface area contributed by atoms with Crippen molar-refractivity contribution in [3.05, 3.63) is 35.3 Å². The second-order valence-corrected chi connectivity index (χ2v) is 10.7. The largest absolute Gasteiger partial charge is 0.460 e. The molecule has 1 unspecified atom stereocenters. The number of rotatable bonds is 5. The van der Waals surface area contributed by atoms with E-state index in [1.165, 1.54) is 11.7 Å². The number of carbonyl (C=O) groups excluding carboxylic acids is 3. The van der Waals surface area contributed by atoms with Crippen LogP contribution in [0.2, 0.25) is 0 Å². The molecule has 0 aromatic carbocycles. The molecule has 32 heavy (non-hydrogen) atoms. The molecule has 3 rings (SSSR count). The number of cyclic esters (lactones) is 1. The Balaban J connectivity index is 2.06. The molecule has 0 bridgehead atoms. The van der Waals surface area contributed by atoms with Crippen molar-refractivity contribution in [3.8, 4) is 0 Å². The van der Waals surface area contributed by atoms with E-state index in [-0.39, 0.29) is 12.5 Å². The van der Waals surface area contributed by atoms with Gasteiger partial charge in [-0.1, -0.05) is 26.5 Å². The molecule has 0 aromatic heterocycles. The zero-order valence-electron chi connectivity index (χ0n) is 19.3. The highest BCUT2D eigenvalue weighted by molar-refractivity contribution is 7.87. The lowest BCUT2D eigenvalue weighted by atomic mass is 9.61. The van der Waals surface area contributed by atoms with E-state index in [1.807, 2.05) is 0 Å². The number of carbonyl (C=O) groups is 3. The lowest BCUT2D eigenvalue weighted by Gasteiger charge is -2.46. The van der Waals surface area contributed by atoms with Crippen LogP contribution in [0.4, 0.5) is 0 Å². The van der Waals surface area contributed by atoms with Gasteiger partial charge in [0.25, 0.3) is 0 Å². The van der Waals surface area contributed by atoms with Gasteiger partial charge in [0.2, 0.25) is 0 Å². The van der Waals surface area contributed by atoms with Crippen LogP contribution in [0.15, 0.2) is 35.3 Å². The molecule has 7 nitrogen and oxygen atoms in total. The molecule has 176 valence electrons. The maximum absolute atomic E-state index is 13.1. The van der Waals surface area contributed by atoms with Crippen molar-refractivity contribution in [1.82, 2.24) is 0 Å². The van der Waals surface area contributed by atoms with Gasteiger partial charge in [0.05, 0.1) is 0 Å². The van der Waals surface area contributed by atoms with Gasteiger partial charge in [0.15, 0.2) is 0 Å². The van der Waals surface area contributed by atoms with E-state index in [9.17, 15) is 18.6 Å². The molecule has 3 fully saturated rings. The maximum atomic E-state index is 13.1. The second kappa shape index (κ2) is 8.96. The van der Waals surface area contributed by atoms with Crippen molar-refractivity contribution in [2.45, 2.75) is 59.2 Å². The van der Waals surface area contributed by atoms with E-state index < -0.39 is 57.7 Å². The number of hydrogen-bond acceptors (Lipinski definition) is 7. The Hall–Kier alpha value is -2.22. The molecule has 1 heterocycles. The molecule has 0 amide bonds. The summed E-state index contributed by atoms with van der Waals surface area (Å²) in [7, 11) is -1.28. The average molecular weight is 465 g/mol. The lowest BCUT2D eigenvalue weighted by molar-refractivity contribution is -0.171. The van der Waals surface area contributed by atoms with Crippen LogP contribution in [0.1, 0.15) is 47.0 Å². The van der Waals surface area contributed by atoms with Crippen LogP contribution in [0.25, 0.3) is 0 Å². The van der Waals surface area contributed by atoms with Crippen molar-refractivity contribution in [1.29, 1.82) is 0 Å². The van der Waals surface area contributed by atoms with Crippen molar-refractivity contribution in [2.24, 2.45) is 22.7 Å². The fraction of sp³-hybridized carbons (Fsp3) is 0.625. The highest BCUT2D eigenvalue weighted by Crippen LogP contribution is 2.66. The predicted molar refractivity (Wildman–Crippen MR) is 120 cm³/mol. The van der Waals surface area contributed by atoms with E-state index in [1.54, 1.807) is 19.9 Å². The Morgan fingerprint density at radius 3 is 2.53 bits per heavy atom. The fourth-order valence-corrected chi connectivity index (χ4v) is 5.86. The first-order valence-electron chi connectivity index (χ1n) is 10.9. The first-order chi connectivity index (χ1) is 15.0. The monoisotopic (exact) mass is 464 g/mol. The first-order valence-corrected chi connectivity index (χ1v) is 12.5. The van der Waals surface area contributed by atoms with Crippen molar-refractivity contribution in [2.75, 3.05) is 12.9 Å². The Morgan fingerprint density at radius 2 is 1.97 bits per heavy atom. The van der Waals surface area contributed by atoms with Gasteiger partial charge in [-0.05, 0) is 50.0 Å². The van der Waals surface area contributed by atoms with Crippen LogP contribution in [0.5, 0.6) is 0 Å². The van der Waals surface area contributed by atoms with E-state index in [0.717, 1.165) is 12.5 Å². The predicted octanol–water partition coefficient (Wildman–Crippen LogP) is 3.22. The van der Waals surface area contributed by atoms with Crippen molar-refractivity contribution >= 4 is 28.7 Å². The molecule has 0 radical (unpaired) electrons. The number of ether oxygens (including phenoxy) is 3. The molecule has 7 atom stereocenters. The number of fused-ring (bicyclic) bond motifs is 1. The third-order valence-electron chi connectivity index (χ3n) is 7.67. The van der Waals surface area contributed by atoms with Gasteiger partial charge in [-0.2, -0.15) is 0 Å². The maximum Gasteiger partial charge on any atom is 0.333 e. The van der Waals surface area contributed by atoms with E-state index in [0.29, 0.717) is 24.0 Å². The highest BCUT2D eigenvalue weighted by atomic mass is 32.2. The molecule has 1 aliphatic heterocycles. The molecule has 8 heteroatoms. The van der Waals surface area contributed by atoms with Crippen LogP contribution >= 0.6 is 0 Å². The second-order valence-electron chi connectivity index (χ2n) is 9.41. The quantitative estimate of drug-likeness (QED) is 0.267. The lowest BCUT2D eigenvalue weighted by Crippen LogP contribution is -2.50. The third-order valence-corrected chi connectivity index (χ3v) is 8.19. The molecule has 1 spiro atoms. The summed E-state index contributed by atoms with van der Waals surface area (Å²) >= 11 is 0. The normalized spacial score (nSPS) is 38.0. The minimum absolute atomic E-state index is 0.0855. The van der Waals surface area contributed by atoms with Crippen LogP contribution in [-0.2, 0) is 39.4 Å². The summed E-state index contributed by atoms with van der Waals surface area (Å²) in [5.74, 6) is -1.77. The summed E-state index contributed by atoms with van der Waals surface area (Å²) in [5.41, 5.74) is -0.585. The molecule has 3 aliphatic rings. The molecule has 0 N–H and O–H groups in total. The number of allylic oxidation sites excluding steroid dienone is 1. The van der Waals surface area contributed by atoms with Gasteiger partial charge in [0.1, 0.15) is 24.2 Å². The molecule has 2 aliphatic carbocycles. The van der Waals surface area contributed by atoms with E-state index >= 15 is 0 Å². The minimum atomic E-state index is -1.28. The molecule has 2 saturated carbocycles. The summed E-state index contributed by atoms with van der Waals surface area (Å²) in [6.45, 7) is 11.8. The van der Waals surface area contributed by atoms with Crippen LogP contribution in [0.3, 0.4) is 0 Å². The number of hydrogen-bond donors (Lipinski definition) is 0. The molecular weight excluding hydrogens is 432 g/mol. The zero-order valence-corrected chi connectivity index (χ0v) is 20.2. The van der Waals surface area contributed by atoms with Gasteiger partial charge < -0.3 is 14.2 Å². The minimum Gasteiger partial charge on any atom is -0.460 e. The summed E-state index contributed by atoms with van der Waals surface area (Å²) in [4.78, 5) is 38.4. The topological polar surface area (TPSA) is 96.0 Å². The van der Waals surface area contributed by atoms with E-state index in [2.05, 4.69) is 20.4 Å². The van der Waals surface area contributed by atoms with Gasteiger partial charge in [-0.25, -0.2) is 9.59 Å². The van der Waals surface area contributed by atoms with Gasteiger partial charge in [0, 0.05) is 40.0 Å². The van der Waals surface area contributed by atoms with Gasteiger partial charge >= 0.3 is 17.9 Å². The van der Waals surface area contributed by atoms with E-state index in [4.69, 9.17) is 14.2 Å². The highest BCUT2D eigenvalue weighted by Gasteiger charge is 2.72. The first kappa shape index (κ1) is 24.4. The Kier molecular flexibility index (Phi) is 6.84. The van der Waals surface area contributed by atoms with Crippen LogP contribution < -0.4 is 0 Å². The summed E-state index contributed by atoms with van der Waals surface area (Å²) < 4.78 is 28.5.